The zero-order valence-corrected chi connectivity index (χ0v) is 12.2. The number of thioether (sulfide) groups is 1. The molecule has 0 spiro atoms. The van der Waals surface area contributed by atoms with Crippen molar-refractivity contribution in [2.75, 3.05) is 26.0 Å². The summed E-state index contributed by atoms with van der Waals surface area (Å²) in [5.41, 5.74) is -0.191. The molecule has 0 aliphatic rings. The van der Waals surface area contributed by atoms with Crippen molar-refractivity contribution in [3.8, 4) is 5.75 Å². The quantitative estimate of drug-likeness (QED) is 0.712. The van der Waals surface area contributed by atoms with E-state index in [9.17, 15) is 5.11 Å². The molecule has 0 aliphatic heterocycles. The van der Waals surface area contributed by atoms with Crippen LogP contribution >= 0.6 is 11.8 Å². The Hall–Kier alpha value is -0.710. The molecule has 1 aromatic carbocycles. The predicted octanol–water partition coefficient (Wildman–Crippen LogP) is 2.54. The Morgan fingerprint density at radius 2 is 2.11 bits per heavy atom. The van der Waals surface area contributed by atoms with Gasteiger partial charge in [0.2, 0.25) is 0 Å². The number of methoxy groups -OCH3 is 1. The summed E-state index contributed by atoms with van der Waals surface area (Å²) >= 11 is 1.76. The van der Waals surface area contributed by atoms with E-state index in [4.69, 9.17) is 4.74 Å². The van der Waals surface area contributed by atoms with E-state index in [1.54, 1.807) is 18.9 Å². The van der Waals surface area contributed by atoms with E-state index in [1.165, 1.54) is 0 Å². The molecule has 4 heteroatoms. The number of benzene rings is 1. The standard InChI is InChI=1S/C14H23NO2S/c1-4-15-14(2,11-16)9-10-18-13-8-6-5-7-12(13)17-3/h5-8,15-16H,4,9-11H2,1-3H3. The molecule has 102 valence electrons. The Balaban J connectivity index is 2.50. The SMILES string of the molecule is CCNC(C)(CO)CCSc1ccccc1OC. The van der Waals surface area contributed by atoms with Crippen LogP contribution in [0.3, 0.4) is 0 Å². The zero-order chi connectivity index (χ0) is 13.4. The minimum atomic E-state index is -0.191. The summed E-state index contributed by atoms with van der Waals surface area (Å²) in [4.78, 5) is 1.15. The van der Waals surface area contributed by atoms with Gasteiger partial charge in [0, 0.05) is 10.4 Å². The topological polar surface area (TPSA) is 41.5 Å². The van der Waals surface area contributed by atoms with Crippen LogP contribution in [0.2, 0.25) is 0 Å². The summed E-state index contributed by atoms with van der Waals surface area (Å²) < 4.78 is 5.32. The van der Waals surface area contributed by atoms with E-state index in [2.05, 4.69) is 25.2 Å². The number of likely N-dealkylation sites (N-methyl/N-ethyl adjacent to an activating group) is 1. The third-order valence-electron chi connectivity index (χ3n) is 2.93. The van der Waals surface area contributed by atoms with Crippen molar-refractivity contribution in [1.29, 1.82) is 0 Å². The van der Waals surface area contributed by atoms with Crippen LogP contribution in [0, 0.1) is 0 Å². The number of rotatable bonds is 8. The lowest BCUT2D eigenvalue weighted by Crippen LogP contribution is -2.46. The summed E-state index contributed by atoms with van der Waals surface area (Å²) in [5.74, 6) is 1.86. The maximum Gasteiger partial charge on any atom is 0.132 e. The fourth-order valence-corrected chi connectivity index (χ4v) is 3.02. The third-order valence-corrected chi connectivity index (χ3v) is 3.99. The maximum atomic E-state index is 9.42. The number of hydrogen-bond acceptors (Lipinski definition) is 4. The number of aliphatic hydroxyl groups is 1. The molecule has 2 N–H and O–H groups in total. The monoisotopic (exact) mass is 269 g/mol. The van der Waals surface area contributed by atoms with Crippen molar-refractivity contribution in [1.82, 2.24) is 5.32 Å². The second-order valence-electron chi connectivity index (χ2n) is 4.50. The Bertz CT molecular complexity index is 359. The van der Waals surface area contributed by atoms with Gasteiger partial charge in [-0.2, -0.15) is 0 Å². The lowest BCUT2D eigenvalue weighted by Gasteiger charge is -2.28. The molecule has 18 heavy (non-hydrogen) atoms. The van der Waals surface area contributed by atoms with Gasteiger partial charge in [0.1, 0.15) is 5.75 Å². The number of para-hydroxylation sites is 1. The van der Waals surface area contributed by atoms with Crippen molar-refractivity contribution in [3.63, 3.8) is 0 Å². The number of aliphatic hydroxyl groups excluding tert-OH is 1. The van der Waals surface area contributed by atoms with E-state index in [0.717, 1.165) is 29.4 Å². The first-order valence-electron chi connectivity index (χ1n) is 6.27. The van der Waals surface area contributed by atoms with Gasteiger partial charge in [0.15, 0.2) is 0 Å². The summed E-state index contributed by atoms with van der Waals surface area (Å²) in [6.07, 6.45) is 0.917. The van der Waals surface area contributed by atoms with Crippen LogP contribution in [-0.4, -0.2) is 36.7 Å². The highest BCUT2D eigenvalue weighted by atomic mass is 32.2. The Kier molecular flexibility index (Phi) is 6.54. The molecule has 0 radical (unpaired) electrons. The van der Waals surface area contributed by atoms with E-state index >= 15 is 0 Å². The Morgan fingerprint density at radius 1 is 1.39 bits per heavy atom. The average molecular weight is 269 g/mol. The molecule has 1 rings (SSSR count). The molecular weight excluding hydrogens is 246 g/mol. The molecule has 3 nitrogen and oxygen atoms in total. The molecular formula is C14H23NO2S. The first-order chi connectivity index (χ1) is 8.65. The lowest BCUT2D eigenvalue weighted by molar-refractivity contribution is 0.173. The molecule has 0 amide bonds. The maximum absolute atomic E-state index is 9.42. The first-order valence-corrected chi connectivity index (χ1v) is 7.25. The molecule has 1 aromatic rings. The first kappa shape index (κ1) is 15.3. The van der Waals surface area contributed by atoms with Gasteiger partial charge >= 0.3 is 0 Å². The number of ether oxygens (including phenoxy) is 1. The molecule has 0 aliphatic carbocycles. The van der Waals surface area contributed by atoms with Crippen LogP contribution < -0.4 is 10.1 Å². The normalized spacial score (nSPS) is 14.2. The van der Waals surface area contributed by atoms with Crippen molar-refractivity contribution in [3.05, 3.63) is 24.3 Å². The fraction of sp³-hybridized carbons (Fsp3) is 0.571. The van der Waals surface area contributed by atoms with Gasteiger partial charge in [0.05, 0.1) is 13.7 Å². The second kappa shape index (κ2) is 7.67. The molecule has 1 atom stereocenters. The van der Waals surface area contributed by atoms with E-state index in [1.807, 2.05) is 18.2 Å². The van der Waals surface area contributed by atoms with Gasteiger partial charge in [-0.1, -0.05) is 19.1 Å². The summed E-state index contributed by atoms with van der Waals surface area (Å²) in [6.45, 7) is 5.14. The van der Waals surface area contributed by atoms with Gasteiger partial charge in [-0.25, -0.2) is 0 Å². The van der Waals surface area contributed by atoms with Crippen LogP contribution in [0.5, 0.6) is 5.75 Å². The van der Waals surface area contributed by atoms with Crippen LogP contribution in [0.25, 0.3) is 0 Å². The van der Waals surface area contributed by atoms with Crippen molar-refractivity contribution in [2.24, 2.45) is 0 Å². The molecule has 0 saturated carbocycles. The van der Waals surface area contributed by atoms with E-state index in [0.29, 0.717) is 0 Å². The molecule has 0 aromatic heterocycles. The molecule has 1 unspecified atom stereocenters. The van der Waals surface area contributed by atoms with Crippen molar-refractivity contribution in [2.45, 2.75) is 30.7 Å². The summed E-state index contributed by atoms with van der Waals surface area (Å²) in [6, 6.07) is 8.02. The fourth-order valence-electron chi connectivity index (χ4n) is 1.77. The lowest BCUT2D eigenvalue weighted by atomic mass is 10.0. The third kappa shape index (κ3) is 4.52. The highest BCUT2D eigenvalue weighted by Gasteiger charge is 2.21. The van der Waals surface area contributed by atoms with Gasteiger partial charge in [-0.3, -0.25) is 0 Å². The Labute approximate surface area is 114 Å². The minimum Gasteiger partial charge on any atom is -0.496 e. The van der Waals surface area contributed by atoms with E-state index in [-0.39, 0.29) is 12.1 Å². The van der Waals surface area contributed by atoms with Crippen LogP contribution in [-0.2, 0) is 0 Å². The van der Waals surface area contributed by atoms with Crippen LogP contribution in [0.1, 0.15) is 20.3 Å². The zero-order valence-electron chi connectivity index (χ0n) is 11.4. The molecule has 0 fully saturated rings. The average Bonchev–Trinajstić information content (AvgIpc) is 2.39. The molecule has 0 heterocycles. The van der Waals surface area contributed by atoms with Crippen molar-refractivity contribution < 1.29 is 9.84 Å². The van der Waals surface area contributed by atoms with Gasteiger partial charge in [-0.15, -0.1) is 11.8 Å². The van der Waals surface area contributed by atoms with Gasteiger partial charge in [0.25, 0.3) is 0 Å². The van der Waals surface area contributed by atoms with Crippen LogP contribution in [0.15, 0.2) is 29.2 Å². The highest BCUT2D eigenvalue weighted by molar-refractivity contribution is 7.99. The van der Waals surface area contributed by atoms with E-state index < -0.39 is 0 Å². The summed E-state index contributed by atoms with van der Waals surface area (Å²) in [7, 11) is 1.69. The largest absolute Gasteiger partial charge is 0.496 e. The smallest absolute Gasteiger partial charge is 0.132 e. The van der Waals surface area contributed by atoms with Crippen molar-refractivity contribution >= 4 is 11.8 Å². The number of hydrogen-bond donors (Lipinski definition) is 2. The molecule has 0 bridgehead atoms. The number of nitrogens with one attached hydrogen (secondary N) is 1. The second-order valence-corrected chi connectivity index (χ2v) is 5.64. The Morgan fingerprint density at radius 3 is 2.72 bits per heavy atom. The minimum absolute atomic E-state index is 0.160. The molecule has 0 saturated heterocycles. The van der Waals surface area contributed by atoms with Gasteiger partial charge in [-0.05, 0) is 37.8 Å². The highest BCUT2D eigenvalue weighted by Crippen LogP contribution is 2.30. The van der Waals surface area contributed by atoms with Gasteiger partial charge < -0.3 is 15.2 Å². The van der Waals surface area contributed by atoms with Crippen LogP contribution in [0.4, 0.5) is 0 Å². The summed E-state index contributed by atoms with van der Waals surface area (Å²) in [5, 5.41) is 12.7. The predicted molar refractivity (Wildman–Crippen MR) is 77.5 cm³/mol.